The molecular formula is C10H9K. The van der Waals surface area contributed by atoms with E-state index in [0.29, 0.717) is 0 Å². The van der Waals surface area contributed by atoms with Gasteiger partial charge in [-0.3, -0.25) is 0 Å². The molecule has 0 saturated carbocycles. The smallest absolute Gasteiger partial charge is 0.159 e. The fourth-order valence-electron chi connectivity index (χ4n) is 1.25. The molecule has 0 radical (unpaired) electrons. The summed E-state index contributed by atoms with van der Waals surface area (Å²) in [5.41, 5.74) is 2.80. The minimum Gasteiger partial charge on any atom is -0.159 e. The molecule has 0 heterocycles. The standard InChI is InChI=1S/C10H9.K/c1-2-6-10-8-4-3-7-9(10)5-1;/h1-7H,8H2;/q-1;+1. The normalized spacial score (nSPS) is 12.7. The topological polar surface area (TPSA) is 0 Å². The van der Waals surface area contributed by atoms with E-state index in [-0.39, 0.29) is 51.4 Å². The maximum absolute atomic E-state index is 2.18. The third kappa shape index (κ3) is 2.20. The van der Waals surface area contributed by atoms with Crippen LogP contribution in [0.3, 0.4) is 0 Å². The Kier molecular flexibility index (Phi) is 3.89. The van der Waals surface area contributed by atoms with Crippen LogP contribution in [0, 0.1) is 6.42 Å². The van der Waals surface area contributed by atoms with Crippen molar-refractivity contribution in [3.8, 4) is 0 Å². The first-order valence-electron chi connectivity index (χ1n) is 3.54. The van der Waals surface area contributed by atoms with Crippen LogP contribution in [0.15, 0.2) is 36.4 Å². The molecule has 1 aromatic carbocycles. The van der Waals surface area contributed by atoms with Crippen LogP contribution in [-0.4, -0.2) is 0 Å². The molecule has 1 heteroatoms. The first-order valence-corrected chi connectivity index (χ1v) is 3.54. The number of benzene rings is 1. The number of hydrogen-bond acceptors (Lipinski definition) is 0. The van der Waals surface area contributed by atoms with Crippen LogP contribution in [0.25, 0.3) is 0 Å². The van der Waals surface area contributed by atoms with E-state index in [4.69, 9.17) is 0 Å². The largest absolute Gasteiger partial charge is 1.00 e. The Morgan fingerprint density at radius 3 is 2.82 bits per heavy atom. The van der Waals surface area contributed by atoms with Gasteiger partial charge in [-0.25, -0.2) is 0 Å². The minimum absolute atomic E-state index is 0. The predicted octanol–water partition coefficient (Wildman–Crippen LogP) is -0.645. The van der Waals surface area contributed by atoms with Gasteiger partial charge in [-0.15, -0.1) is 41.8 Å². The van der Waals surface area contributed by atoms with Gasteiger partial charge in [-0.1, -0.05) is 12.5 Å². The molecule has 1 aromatic rings. The van der Waals surface area contributed by atoms with E-state index in [2.05, 4.69) is 42.8 Å². The van der Waals surface area contributed by atoms with Crippen LogP contribution in [0.1, 0.15) is 11.1 Å². The number of rotatable bonds is 0. The van der Waals surface area contributed by atoms with Crippen molar-refractivity contribution >= 4 is 0 Å². The molecule has 0 saturated heterocycles. The van der Waals surface area contributed by atoms with Gasteiger partial charge in [0, 0.05) is 0 Å². The average molecular weight is 168 g/mol. The van der Waals surface area contributed by atoms with Crippen LogP contribution in [0.5, 0.6) is 0 Å². The summed E-state index contributed by atoms with van der Waals surface area (Å²) < 4.78 is 0. The average Bonchev–Trinajstić information content (AvgIpc) is 2.05. The van der Waals surface area contributed by atoms with Gasteiger partial charge in [0.2, 0.25) is 0 Å². The SMILES string of the molecule is C1=CCc2ccccc2[CH-]1.[K+]. The van der Waals surface area contributed by atoms with Crippen molar-refractivity contribution in [2.24, 2.45) is 0 Å². The third-order valence-corrected chi connectivity index (χ3v) is 1.80. The molecular weight excluding hydrogens is 159 g/mol. The van der Waals surface area contributed by atoms with Crippen molar-refractivity contribution in [2.45, 2.75) is 6.42 Å². The summed E-state index contributed by atoms with van der Waals surface area (Å²) in [5.74, 6) is 0. The molecule has 2 rings (SSSR count). The second-order valence-electron chi connectivity index (χ2n) is 2.50. The molecule has 1 aliphatic rings. The van der Waals surface area contributed by atoms with Crippen LogP contribution >= 0.6 is 0 Å². The van der Waals surface area contributed by atoms with Gasteiger partial charge in [-0.05, 0) is 0 Å². The summed E-state index contributed by atoms with van der Waals surface area (Å²) >= 11 is 0. The van der Waals surface area contributed by atoms with Crippen LogP contribution in [-0.2, 0) is 6.42 Å². The molecule has 1 aliphatic carbocycles. The van der Waals surface area contributed by atoms with E-state index >= 15 is 0 Å². The van der Waals surface area contributed by atoms with Crippen LogP contribution in [0.4, 0.5) is 0 Å². The predicted molar refractivity (Wildman–Crippen MR) is 42.7 cm³/mol. The van der Waals surface area contributed by atoms with E-state index in [1.54, 1.807) is 0 Å². The third-order valence-electron chi connectivity index (χ3n) is 1.80. The maximum atomic E-state index is 2.18. The van der Waals surface area contributed by atoms with Gasteiger partial charge in [0.25, 0.3) is 0 Å². The summed E-state index contributed by atoms with van der Waals surface area (Å²) in [7, 11) is 0. The molecule has 0 aromatic heterocycles. The quantitative estimate of drug-likeness (QED) is 0.357. The van der Waals surface area contributed by atoms with E-state index in [1.807, 2.05) is 0 Å². The van der Waals surface area contributed by atoms with Gasteiger partial charge in [0.05, 0.1) is 0 Å². The second kappa shape index (κ2) is 4.48. The molecule has 0 unspecified atom stereocenters. The van der Waals surface area contributed by atoms with Gasteiger partial charge in [0.1, 0.15) is 0 Å². The number of hydrogen-bond donors (Lipinski definition) is 0. The van der Waals surface area contributed by atoms with E-state index in [0.717, 1.165) is 6.42 Å². The summed E-state index contributed by atoms with van der Waals surface area (Å²) in [6.07, 6.45) is 7.54. The summed E-state index contributed by atoms with van der Waals surface area (Å²) in [6.45, 7) is 0. The molecule has 0 amide bonds. The first-order chi connectivity index (χ1) is 4.97. The zero-order chi connectivity index (χ0) is 6.81. The summed E-state index contributed by atoms with van der Waals surface area (Å²) in [5, 5.41) is 0. The molecule has 11 heavy (non-hydrogen) atoms. The molecule has 50 valence electrons. The van der Waals surface area contributed by atoms with Crippen LogP contribution < -0.4 is 51.4 Å². The van der Waals surface area contributed by atoms with Crippen molar-refractivity contribution in [1.29, 1.82) is 0 Å². The Bertz CT molecular complexity index is 236. The summed E-state index contributed by atoms with van der Waals surface area (Å²) in [6, 6.07) is 8.49. The minimum atomic E-state index is 0. The van der Waals surface area contributed by atoms with Gasteiger partial charge in [-0.2, -0.15) is 6.08 Å². The fourth-order valence-corrected chi connectivity index (χ4v) is 1.25. The van der Waals surface area contributed by atoms with Crippen molar-refractivity contribution in [2.75, 3.05) is 0 Å². The first kappa shape index (κ1) is 9.55. The van der Waals surface area contributed by atoms with Gasteiger partial charge in [0.15, 0.2) is 0 Å². The van der Waals surface area contributed by atoms with Crippen molar-refractivity contribution in [3.05, 3.63) is 54.0 Å². The van der Waals surface area contributed by atoms with Crippen LogP contribution in [0.2, 0.25) is 0 Å². The molecule has 0 bridgehead atoms. The zero-order valence-corrected chi connectivity index (χ0v) is 9.87. The molecule has 0 atom stereocenters. The Morgan fingerprint density at radius 1 is 1.18 bits per heavy atom. The molecule has 0 aliphatic heterocycles. The molecule has 0 N–H and O–H groups in total. The Balaban J connectivity index is 0.000000605. The van der Waals surface area contributed by atoms with Gasteiger partial charge >= 0.3 is 51.4 Å². The Hall–Kier alpha value is 0.466. The molecule has 0 spiro atoms. The Labute approximate surface area is 110 Å². The number of fused-ring (bicyclic) bond motifs is 1. The van der Waals surface area contributed by atoms with E-state index in [1.165, 1.54) is 11.1 Å². The Morgan fingerprint density at radius 2 is 2.00 bits per heavy atom. The maximum Gasteiger partial charge on any atom is 1.00 e. The zero-order valence-electron chi connectivity index (χ0n) is 6.75. The van der Waals surface area contributed by atoms with Crippen molar-refractivity contribution < 1.29 is 51.4 Å². The van der Waals surface area contributed by atoms with Crippen molar-refractivity contribution in [1.82, 2.24) is 0 Å². The van der Waals surface area contributed by atoms with E-state index < -0.39 is 0 Å². The van der Waals surface area contributed by atoms with Crippen molar-refractivity contribution in [3.63, 3.8) is 0 Å². The fraction of sp³-hybridized carbons (Fsp3) is 0.100. The number of allylic oxidation sites excluding steroid dienone is 2. The summed E-state index contributed by atoms with van der Waals surface area (Å²) in [4.78, 5) is 0. The molecule has 0 nitrogen and oxygen atoms in total. The molecule has 0 fully saturated rings. The monoisotopic (exact) mass is 168 g/mol. The van der Waals surface area contributed by atoms with E-state index in [9.17, 15) is 0 Å². The van der Waals surface area contributed by atoms with Gasteiger partial charge < -0.3 is 0 Å². The second-order valence-corrected chi connectivity index (χ2v) is 2.50.